The summed E-state index contributed by atoms with van der Waals surface area (Å²) < 4.78 is 156. The van der Waals surface area contributed by atoms with Crippen LogP contribution in [0.1, 0.15) is 17.1 Å². The molecular weight excluding hydrogens is 1130 g/mol. The van der Waals surface area contributed by atoms with Crippen LogP contribution in [0.5, 0.6) is 51.7 Å². The molecule has 9 aromatic rings. The summed E-state index contributed by atoms with van der Waals surface area (Å²) in [5, 5.41) is 0.586. The number of hydrogen-bond acceptors (Lipinski definition) is 18. The Morgan fingerprint density at radius 3 is 0.911 bits per heavy atom. The van der Waals surface area contributed by atoms with Crippen molar-refractivity contribution in [3.8, 4) is 51.7 Å². The van der Waals surface area contributed by atoms with Crippen molar-refractivity contribution >= 4 is 96.2 Å². The molecule has 0 radical (unpaired) electrons. The van der Waals surface area contributed by atoms with Gasteiger partial charge in [-0.1, -0.05) is 0 Å². The number of benzene rings is 3. The average Bonchev–Trinajstić information content (AvgIpc) is 4.25. The molecule has 3 atom stereocenters. The summed E-state index contributed by atoms with van der Waals surface area (Å²) in [5.41, 5.74) is 4.14. The second kappa shape index (κ2) is 28.9. The van der Waals surface area contributed by atoms with Gasteiger partial charge in [0.2, 0.25) is 0 Å². The molecule has 3 unspecified atom stereocenters. The third-order valence-electron chi connectivity index (χ3n) is 10.5. The molecular formula is C48H46F6N9NaO12S3. The number of pyridine rings is 3. The molecule has 0 saturated carbocycles. The van der Waals surface area contributed by atoms with Crippen LogP contribution >= 0.6 is 0 Å². The second-order valence-electron chi connectivity index (χ2n) is 15.2. The van der Waals surface area contributed by atoms with Crippen molar-refractivity contribution < 1.29 is 82.6 Å². The van der Waals surface area contributed by atoms with Crippen molar-refractivity contribution in [2.75, 3.05) is 42.7 Å². The molecule has 6 heterocycles. The predicted molar refractivity (Wildman–Crippen MR) is 278 cm³/mol. The quantitative estimate of drug-likeness (QED) is 0.0349. The number of halogens is 6. The first-order valence-corrected chi connectivity index (χ1v) is 26.2. The minimum atomic E-state index is -2.92. The van der Waals surface area contributed by atoms with Crippen LogP contribution in [0.25, 0.3) is 33.1 Å². The van der Waals surface area contributed by atoms with Crippen LogP contribution in [0.3, 0.4) is 0 Å². The van der Waals surface area contributed by atoms with Gasteiger partial charge in [-0.3, -0.25) is 29.9 Å². The fourth-order valence-corrected chi connectivity index (χ4v) is 10.2. The minimum absolute atomic E-state index is 0. The van der Waals surface area contributed by atoms with Gasteiger partial charge in [0.15, 0.2) is 51.8 Å². The Kier molecular flexibility index (Phi) is 22.5. The van der Waals surface area contributed by atoms with Gasteiger partial charge < -0.3 is 56.3 Å². The van der Waals surface area contributed by atoms with Crippen molar-refractivity contribution in [3.63, 3.8) is 0 Å². The van der Waals surface area contributed by atoms with Crippen LogP contribution in [0.15, 0.2) is 107 Å². The Labute approximate surface area is 476 Å². The maximum atomic E-state index is 12.6. The topological polar surface area (TPSA) is 277 Å². The van der Waals surface area contributed by atoms with Gasteiger partial charge in [0.1, 0.15) is 34.3 Å². The second-order valence-corrected chi connectivity index (χ2v) is 19.3. The normalized spacial score (nSPS) is 12.2. The van der Waals surface area contributed by atoms with Gasteiger partial charge in [0, 0.05) is 88.5 Å². The molecule has 0 fully saturated rings. The maximum absolute atomic E-state index is 12.6. The molecule has 79 heavy (non-hydrogen) atoms. The van der Waals surface area contributed by atoms with Gasteiger partial charge >= 0.3 is 64.9 Å². The Morgan fingerprint density at radius 2 is 0.684 bits per heavy atom. The van der Waals surface area contributed by atoms with E-state index in [2.05, 4.69) is 59.1 Å². The number of rotatable bonds is 21. The summed E-state index contributed by atoms with van der Waals surface area (Å²) in [4.78, 5) is 33.9. The van der Waals surface area contributed by atoms with E-state index in [-0.39, 0.29) is 79.5 Å². The van der Waals surface area contributed by atoms with Gasteiger partial charge in [0.05, 0.1) is 75.8 Å². The zero-order valence-corrected chi connectivity index (χ0v) is 44.0. The summed E-state index contributed by atoms with van der Waals surface area (Å²) in [6.45, 7) is -8.77. The molecule has 0 aliphatic rings. The summed E-state index contributed by atoms with van der Waals surface area (Å²) in [6.07, 6.45) is 4.58. The number of H-pyrrole nitrogens is 3. The molecule has 0 saturated heterocycles. The standard InChI is InChI=1S/3C16H15F2N3O4S.Na.H/c3*1-23-13-5-6-19-12(14(13)24-2)8-26(22)16-20-10-4-3-9(25-15(17)18)7-11(10)21-16;;/h3*3-7,15H,8H2,1-2H3,(H,20,21);;. The third kappa shape index (κ3) is 16.0. The molecule has 0 bridgehead atoms. The van der Waals surface area contributed by atoms with E-state index in [4.69, 9.17) is 28.4 Å². The molecule has 416 valence electrons. The van der Waals surface area contributed by atoms with Crippen LogP contribution < -0.4 is 42.6 Å². The first kappa shape index (κ1) is 61.4. The van der Waals surface area contributed by atoms with E-state index in [0.29, 0.717) is 84.7 Å². The van der Waals surface area contributed by atoms with Crippen LogP contribution in [0.4, 0.5) is 26.3 Å². The summed E-state index contributed by atoms with van der Waals surface area (Å²) in [6, 6.07) is 17.7. The van der Waals surface area contributed by atoms with Gasteiger partial charge in [-0.15, -0.1) is 0 Å². The number of aromatic amines is 3. The Hall–Kier alpha value is -6.77. The first-order valence-electron chi connectivity index (χ1n) is 22.2. The Morgan fingerprint density at radius 1 is 0.418 bits per heavy atom. The van der Waals surface area contributed by atoms with Crippen LogP contribution in [-0.2, 0) is 50.8 Å². The number of hydrogen-bond donors (Lipinski definition) is 3. The van der Waals surface area contributed by atoms with Crippen LogP contribution in [-0.4, -0.2) is 151 Å². The number of ether oxygens (including phenoxy) is 9. The predicted octanol–water partition coefficient (Wildman–Crippen LogP) is 8.00. The zero-order chi connectivity index (χ0) is 56.0. The fraction of sp³-hybridized carbons (Fsp3) is 0.250. The van der Waals surface area contributed by atoms with Gasteiger partial charge in [-0.25, -0.2) is 0 Å². The van der Waals surface area contributed by atoms with Crippen LogP contribution in [0, 0.1) is 0 Å². The molecule has 3 aromatic carbocycles. The van der Waals surface area contributed by atoms with Gasteiger partial charge in [-0.2, -0.15) is 41.3 Å². The molecule has 0 amide bonds. The molecule has 0 aliphatic heterocycles. The number of imidazole rings is 3. The number of alkyl halides is 6. The molecule has 0 spiro atoms. The van der Waals surface area contributed by atoms with Crippen molar-refractivity contribution in [1.82, 2.24) is 44.9 Å². The van der Waals surface area contributed by atoms with E-state index in [1.54, 1.807) is 18.2 Å². The molecule has 0 aliphatic carbocycles. The molecule has 9 rings (SSSR count). The Balaban J connectivity index is 0.000000190. The number of nitrogens with one attached hydrogen (secondary N) is 3. The van der Waals surface area contributed by atoms with Crippen molar-refractivity contribution in [1.29, 1.82) is 0 Å². The summed E-state index contributed by atoms with van der Waals surface area (Å²) >= 11 is -4.68. The molecule has 31 heteroatoms. The van der Waals surface area contributed by atoms with Crippen molar-refractivity contribution in [2.24, 2.45) is 0 Å². The number of aromatic nitrogens is 9. The molecule has 6 aromatic heterocycles. The van der Waals surface area contributed by atoms with Crippen molar-refractivity contribution in [3.05, 3.63) is 108 Å². The van der Waals surface area contributed by atoms with E-state index >= 15 is 0 Å². The van der Waals surface area contributed by atoms with Crippen LogP contribution in [0.2, 0.25) is 0 Å². The van der Waals surface area contributed by atoms with Crippen molar-refractivity contribution in [2.45, 2.75) is 52.6 Å². The SMILES string of the molecule is COc1ccnc(C[S+]([O-])c2nc3cc(OC(F)F)ccc3[nH]2)c1OC.COc1ccnc(C[S+]([O-])c2nc3cc(OC(F)F)ccc3[nH]2)c1OC.COc1ccnc(C[S+]([O-])c2nc3cc(OC(F)F)ccc3[nH]2)c1OC.[NaH]. The van der Waals surface area contributed by atoms with E-state index in [1.807, 2.05) is 0 Å². The molecule has 21 nitrogen and oxygen atoms in total. The monoisotopic (exact) mass is 1170 g/mol. The number of fused-ring (bicyclic) bond motifs is 3. The average molecular weight is 1170 g/mol. The summed E-state index contributed by atoms with van der Waals surface area (Å²) in [5.74, 6) is 2.69. The zero-order valence-electron chi connectivity index (χ0n) is 41.6. The van der Waals surface area contributed by atoms with E-state index in [9.17, 15) is 40.0 Å². The summed E-state index contributed by atoms with van der Waals surface area (Å²) in [7, 11) is 8.90. The van der Waals surface area contributed by atoms with E-state index in [0.717, 1.165) is 0 Å². The van der Waals surface area contributed by atoms with E-state index in [1.165, 1.54) is 116 Å². The number of methoxy groups -OCH3 is 6. The number of nitrogens with zero attached hydrogens (tertiary/aromatic N) is 6. The first-order chi connectivity index (χ1) is 37.5. The van der Waals surface area contributed by atoms with Gasteiger partial charge in [-0.05, 0) is 36.4 Å². The Bertz CT molecular complexity index is 3080. The fourth-order valence-electron chi connectivity index (χ4n) is 7.18. The van der Waals surface area contributed by atoms with Gasteiger partial charge in [0.25, 0.3) is 0 Å². The third-order valence-corrected chi connectivity index (χ3v) is 14.0. The molecule has 3 N–H and O–H groups in total. The van der Waals surface area contributed by atoms with E-state index < -0.39 is 53.4 Å².